The molecular formula is C19H20N4O3. The standard InChI is InChI=1S/C19H20N4O3/c1-13-5-6-15(17(10-13)26-12-14-4-2-9-25-14)21-18(24)16-11-23-8-3-7-20-19(23)22-16/h3,5-8,10-11,14H,2,4,9,12H2,1H3,(H,21,24). The third-order valence-electron chi connectivity index (χ3n) is 4.30. The van der Waals surface area contributed by atoms with Crippen molar-refractivity contribution >= 4 is 17.4 Å². The summed E-state index contributed by atoms with van der Waals surface area (Å²) in [6, 6.07) is 7.47. The first-order valence-corrected chi connectivity index (χ1v) is 8.65. The van der Waals surface area contributed by atoms with Gasteiger partial charge < -0.3 is 14.8 Å². The van der Waals surface area contributed by atoms with Crippen LogP contribution in [0.2, 0.25) is 0 Å². The van der Waals surface area contributed by atoms with Gasteiger partial charge >= 0.3 is 0 Å². The Morgan fingerprint density at radius 1 is 1.46 bits per heavy atom. The summed E-state index contributed by atoms with van der Waals surface area (Å²) in [5.41, 5.74) is 1.97. The lowest BCUT2D eigenvalue weighted by molar-refractivity contribution is 0.0681. The van der Waals surface area contributed by atoms with Gasteiger partial charge in [-0.05, 0) is 43.5 Å². The van der Waals surface area contributed by atoms with Crippen molar-refractivity contribution in [3.63, 3.8) is 0 Å². The predicted molar refractivity (Wildman–Crippen MR) is 96.6 cm³/mol. The van der Waals surface area contributed by atoms with Crippen molar-refractivity contribution in [2.24, 2.45) is 0 Å². The molecule has 1 N–H and O–H groups in total. The quantitative estimate of drug-likeness (QED) is 0.764. The zero-order chi connectivity index (χ0) is 17.9. The van der Waals surface area contributed by atoms with Gasteiger partial charge in [-0.1, -0.05) is 6.07 Å². The highest BCUT2D eigenvalue weighted by molar-refractivity contribution is 6.04. The minimum atomic E-state index is -0.304. The molecule has 0 aliphatic carbocycles. The minimum Gasteiger partial charge on any atom is -0.489 e. The molecule has 7 heteroatoms. The summed E-state index contributed by atoms with van der Waals surface area (Å²) < 4.78 is 13.2. The Kier molecular flexibility index (Phi) is 4.53. The van der Waals surface area contributed by atoms with Gasteiger partial charge in [0.05, 0.1) is 11.8 Å². The fraction of sp³-hybridized carbons (Fsp3) is 0.316. The Morgan fingerprint density at radius 2 is 2.38 bits per heavy atom. The van der Waals surface area contributed by atoms with Gasteiger partial charge in [0.15, 0.2) is 0 Å². The second-order valence-electron chi connectivity index (χ2n) is 6.35. The highest BCUT2D eigenvalue weighted by Crippen LogP contribution is 2.27. The largest absolute Gasteiger partial charge is 0.489 e. The molecule has 3 aromatic rings. The number of carbonyl (C=O) groups is 1. The number of nitrogens with zero attached hydrogens (tertiary/aromatic N) is 3. The number of anilines is 1. The number of hydrogen-bond acceptors (Lipinski definition) is 5. The smallest absolute Gasteiger partial charge is 0.276 e. The van der Waals surface area contributed by atoms with Gasteiger partial charge in [0.25, 0.3) is 5.91 Å². The number of benzene rings is 1. The molecule has 1 aliphatic heterocycles. The normalized spacial score (nSPS) is 16.7. The van der Waals surface area contributed by atoms with E-state index in [4.69, 9.17) is 9.47 Å². The fourth-order valence-corrected chi connectivity index (χ4v) is 2.94. The van der Waals surface area contributed by atoms with Crippen LogP contribution in [0.4, 0.5) is 5.69 Å². The van der Waals surface area contributed by atoms with Crippen LogP contribution in [0.1, 0.15) is 28.9 Å². The zero-order valence-corrected chi connectivity index (χ0v) is 14.5. The van der Waals surface area contributed by atoms with E-state index in [1.165, 1.54) is 0 Å². The zero-order valence-electron chi connectivity index (χ0n) is 14.5. The number of imidazole rings is 1. The van der Waals surface area contributed by atoms with E-state index in [1.54, 1.807) is 29.1 Å². The van der Waals surface area contributed by atoms with Crippen LogP contribution in [0.3, 0.4) is 0 Å². The van der Waals surface area contributed by atoms with E-state index >= 15 is 0 Å². The van der Waals surface area contributed by atoms with E-state index < -0.39 is 0 Å². The van der Waals surface area contributed by atoms with E-state index in [9.17, 15) is 4.79 Å². The van der Waals surface area contributed by atoms with Gasteiger partial charge in [-0.3, -0.25) is 9.20 Å². The summed E-state index contributed by atoms with van der Waals surface area (Å²) in [5.74, 6) is 0.813. The van der Waals surface area contributed by atoms with Crippen LogP contribution in [-0.2, 0) is 4.74 Å². The lowest BCUT2D eigenvalue weighted by Crippen LogP contribution is -2.18. The number of ether oxygens (including phenoxy) is 2. The van der Waals surface area contributed by atoms with E-state index in [2.05, 4.69) is 15.3 Å². The van der Waals surface area contributed by atoms with Crippen molar-refractivity contribution in [3.8, 4) is 5.75 Å². The molecule has 0 saturated carbocycles. The predicted octanol–water partition coefficient (Wildman–Crippen LogP) is 2.85. The number of rotatable bonds is 5. The van der Waals surface area contributed by atoms with Crippen molar-refractivity contribution in [3.05, 3.63) is 54.1 Å². The SMILES string of the molecule is Cc1ccc(NC(=O)c2cn3cccnc3n2)c(OCC2CCCO2)c1. The number of carbonyl (C=O) groups excluding carboxylic acids is 1. The number of aromatic nitrogens is 3. The van der Waals surface area contributed by atoms with Gasteiger partial charge in [0.1, 0.15) is 18.1 Å². The second kappa shape index (κ2) is 7.13. The lowest BCUT2D eigenvalue weighted by Gasteiger charge is -2.15. The Morgan fingerprint density at radius 3 is 3.19 bits per heavy atom. The summed E-state index contributed by atoms with van der Waals surface area (Å²) in [6.45, 7) is 3.25. The Bertz CT molecular complexity index is 898. The minimum absolute atomic E-state index is 0.114. The van der Waals surface area contributed by atoms with E-state index in [0.29, 0.717) is 29.5 Å². The topological polar surface area (TPSA) is 77.8 Å². The molecular weight excluding hydrogens is 332 g/mol. The van der Waals surface area contributed by atoms with Crippen molar-refractivity contribution in [2.75, 3.05) is 18.5 Å². The Balaban J connectivity index is 1.51. The molecule has 7 nitrogen and oxygen atoms in total. The first kappa shape index (κ1) is 16.5. The molecule has 1 aliphatic rings. The van der Waals surface area contributed by atoms with Crippen LogP contribution < -0.4 is 10.1 Å². The van der Waals surface area contributed by atoms with Crippen molar-refractivity contribution in [1.82, 2.24) is 14.4 Å². The molecule has 1 aromatic carbocycles. The molecule has 0 spiro atoms. The highest BCUT2D eigenvalue weighted by Gasteiger charge is 2.18. The van der Waals surface area contributed by atoms with E-state index in [-0.39, 0.29) is 12.0 Å². The van der Waals surface area contributed by atoms with Crippen molar-refractivity contribution in [2.45, 2.75) is 25.9 Å². The van der Waals surface area contributed by atoms with E-state index in [0.717, 1.165) is 25.0 Å². The van der Waals surface area contributed by atoms with Crippen LogP contribution in [0.25, 0.3) is 5.78 Å². The number of amides is 1. The maximum absolute atomic E-state index is 12.6. The third-order valence-corrected chi connectivity index (χ3v) is 4.30. The maximum atomic E-state index is 12.6. The number of aryl methyl sites for hydroxylation is 1. The highest BCUT2D eigenvalue weighted by atomic mass is 16.5. The van der Waals surface area contributed by atoms with Gasteiger partial charge in [-0.15, -0.1) is 0 Å². The molecule has 1 unspecified atom stereocenters. The average Bonchev–Trinajstić information content (AvgIpc) is 3.31. The lowest BCUT2D eigenvalue weighted by atomic mass is 10.2. The molecule has 0 radical (unpaired) electrons. The summed E-state index contributed by atoms with van der Waals surface area (Å²) in [7, 11) is 0. The van der Waals surface area contributed by atoms with Crippen molar-refractivity contribution < 1.29 is 14.3 Å². The van der Waals surface area contributed by atoms with E-state index in [1.807, 2.05) is 25.1 Å². The van der Waals surface area contributed by atoms with Gasteiger partial charge in [0.2, 0.25) is 5.78 Å². The summed E-state index contributed by atoms with van der Waals surface area (Å²) >= 11 is 0. The van der Waals surface area contributed by atoms with Crippen LogP contribution in [-0.4, -0.2) is 39.6 Å². The van der Waals surface area contributed by atoms with Crippen molar-refractivity contribution in [1.29, 1.82) is 0 Å². The fourth-order valence-electron chi connectivity index (χ4n) is 2.94. The summed E-state index contributed by atoms with van der Waals surface area (Å²) in [6.07, 6.45) is 7.27. The average molecular weight is 352 g/mol. The molecule has 26 heavy (non-hydrogen) atoms. The summed E-state index contributed by atoms with van der Waals surface area (Å²) in [5, 5.41) is 2.88. The molecule has 3 heterocycles. The first-order chi connectivity index (χ1) is 12.7. The monoisotopic (exact) mass is 352 g/mol. The first-order valence-electron chi connectivity index (χ1n) is 8.65. The number of nitrogens with one attached hydrogen (secondary N) is 1. The molecule has 1 fully saturated rings. The number of hydrogen-bond donors (Lipinski definition) is 1. The molecule has 4 rings (SSSR count). The van der Waals surface area contributed by atoms with Crippen LogP contribution in [0, 0.1) is 6.92 Å². The molecule has 0 bridgehead atoms. The summed E-state index contributed by atoms with van der Waals surface area (Å²) in [4.78, 5) is 21.0. The molecule has 1 saturated heterocycles. The van der Waals surface area contributed by atoms with Gasteiger partial charge in [-0.2, -0.15) is 0 Å². The molecule has 2 aromatic heterocycles. The maximum Gasteiger partial charge on any atom is 0.276 e. The van der Waals surface area contributed by atoms with Crippen LogP contribution in [0.5, 0.6) is 5.75 Å². The molecule has 134 valence electrons. The van der Waals surface area contributed by atoms with Crippen LogP contribution in [0.15, 0.2) is 42.9 Å². The second-order valence-corrected chi connectivity index (χ2v) is 6.35. The molecule has 1 atom stereocenters. The molecule has 1 amide bonds. The Hall–Kier alpha value is -2.93. The Labute approximate surface area is 151 Å². The van der Waals surface area contributed by atoms with Gasteiger partial charge in [-0.25, -0.2) is 9.97 Å². The van der Waals surface area contributed by atoms with Gasteiger partial charge in [0, 0.05) is 25.2 Å². The third kappa shape index (κ3) is 3.52. The number of fused-ring (bicyclic) bond motifs is 1. The van der Waals surface area contributed by atoms with Crippen LogP contribution >= 0.6 is 0 Å².